The number of nitrogens with zero attached hydrogens (tertiary/aromatic N) is 1. The van der Waals surface area contributed by atoms with E-state index in [1.165, 1.54) is 23.2 Å². The summed E-state index contributed by atoms with van der Waals surface area (Å²) in [6, 6.07) is 6.86. The minimum Gasteiger partial charge on any atom is -0.375 e. The quantitative estimate of drug-likeness (QED) is 0.829. The van der Waals surface area contributed by atoms with Gasteiger partial charge in [-0.05, 0) is 30.0 Å². The van der Waals surface area contributed by atoms with E-state index in [1.54, 1.807) is 0 Å². The first kappa shape index (κ1) is 11.1. The summed E-state index contributed by atoms with van der Waals surface area (Å²) < 4.78 is 5.75. The van der Waals surface area contributed by atoms with Gasteiger partial charge in [-0.1, -0.05) is 12.1 Å². The zero-order valence-corrected chi connectivity index (χ0v) is 10.4. The Labute approximate surface area is 103 Å². The first-order chi connectivity index (χ1) is 8.33. The fraction of sp³-hybridized carbons (Fsp3) is 0.571. The molecule has 0 saturated carbocycles. The molecule has 1 atom stereocenters. The number of anilines is 1. The number of hydrogen-bond donors (Lipinski definition) is 1. The first-order valence-electron chi connectivity index (χ1n) is 6.48. The molecule has 92 valence electrons. The summed E-state index contributed by atoms with van der Waals surface area (Å²) in [6.45, 7) is 3.97. The highest BCUT2D eigenvalue weighted by atomic mass is 16.5. The summed E-state index contributed by atoms with van der Waals surface area (Å²) >= 11 is 0. The van der Waals surface area contributed by atoms with Gasteiger partial charge in [-0.3, -0.25) is 0 Å². The molecular weight excluding hydrogens is 212 g/mol. The largest absolute Gasteiger partial charge is 0.375 e. The second-order valence-corrected chi connectivity index (χ2v) is 5.04. The predicted molar refractivity (Wildman–Crippen MR) is 69.7 cm³/mol. The molecule has 1 N–H and O–H groups in total. The third-order valence-electron chi connectivity index (χ3n) is 3.74. The van der Waals surface area contributed by atoms with Crippen molar-refractivity contribution < 1.29 is 4.74 Å². The van der Waals surface area contributed by atoms with Crippen LogP contribution in [-0.2, 0) is 17.6 Å². The van der Waals surface area contributed by atoms with E-state index in [0.717, 1.165) is 32.7 Å². The molecule has 2 aliphatic rings. The van der Waals surface area contributed by atoms with Crippen LogP contribution in [0.3, 0.4) is 0 Å². The fourth-order valence-corrected chi connectivity index (χ4v) is 2.76. The molecule has 0 aliphatic carbocycles. The Morgan fingerprint density at radius 2 is 2.41 bits per heavy atom. The van der Waals surface area contributed by atoms with Crippen LogP contribution in [0.5, 0.6) is 0 Å². The second kappa shape index (κ2) is 4.67. The van der Waals surface area contributed by atoms with E-state index >= 15 is 0 Å². The number of benzene rings is 1. The van der Waals surface area contributed by atoms with Gasteiger partial charge in [-0.25, -0.2) is 0 Å². The lowest BCUT2D eigenvalue weighted by Crippen LogP contribution is -2.39. The van der Waals surface area contributed by atoms with Gasteiger partial charge in [-0.15, -0.1) is 0 Å². The Bertz CT molecular complexity index is 399. The number of nitrogens with one attached hydrogen (secondary N) is 1. The Kier molecular flexibility index (Phi) is 3.04. The maximum atomic E-state index is 5.75. The summed E-state index contributed by atoms with van der Waals surface area (Å²) in [4.78, 5) is 2.33. The molecule has 0 radical (unpaired) electrons. The molecule has 3 heteroatoms. The number of hydrogen-bond acceptors (Lipinski definition) is 3. The van der Waals surface area contributed by atoms with Crippen molar-refractivity contribution in [2.75, 3.05) is 38.2 Å². The van der Waals surface area contributed by atoms with Crippen LogP contribution >= 0.6 is 0 Å². The molecule has 2 aliphatic heterocycles. The highest BCUT2D eigenvalue weighted by Crippen LogP contribution is 2.27. The summed E-state index contributed by atoms with van der Waals surface area (Å²) in [5.41, 5.74) is 4.30. The summed E-state index contributed by atoms with van der Waals surface area (Å²) in [7, 11) is 2.17. The average molecular weight is 232 g/mol. The van der Waals surface area contributed by atoms with Crippen LogP contribution in [0.15, 0.2) is 18.2 Å². The van der Waals surface area contributed by atoms with Crippen LogP contribution in [0, 0.1) is 0 Å². The van der Waals surface area contributed by atoms with E-state index in [-0.39, 0.29) is 0 Å². The SMILES string of the molecule is CN1CCc2cc(CC3CNCCO3)ccc21. The molecule has 0 bridgehead atoms. The van der Waals surface area contributed by atoms with Crippen molar-refractivity contribution in [3.05, 3.63) is 29.3 Å². The molecular formula is C14H20N2O. The highest BCUT2D eigenvalue weighted by molar-refractivity contribution is 5.58. The van der Waals surface area contributed by atoms with Crippen molar-refractivity contribution in [2.45, 2.75) is 18.9 Å². The molecule has 17 heavy (non-hydrogen) atoms. The van der Waals surface area contributed by atoms with Crippen LogP contribution in [-0.4, -0.2) is 39.4 Å². The van der Waals surface area contributed by atoms with Crippen LogP contribution in [0.4, 0.5) is 5.69 Å². The molecule has 1 fully saturated rings. The number of fused-ring (bicyclic) bond motifs is 1. The third-order valence-corrected chi connectivity index (χ3v) is 3.74. The van der Waals surface area contributed by atoms with Gasteiger partial charge in [0.15, 0.2) is 0 Å². The number of likely N-dealkylation sites (N-methyl/N-ethyl adjacent to an activating group) is 1. The van der Waals surface area contributed by atoms with Gasteiger partial charge in [-0.2, -0.15) is 0 Å². The molecule has 1 unspecified atom stereocenters. The first-order valence-corrected chi connectivity index (χ1v) is 6.48. The Balaban J connectivity index is 1.71. The minimum absolute atomic E-state index is 0.348. The van der Waals surface area contributed by atoms with Crippen molar-refractivity contribution in [1.82, 2.24) is 5.32 Å². The van der Waals surface area contributed by atoms with Crippen LogP contribution in [0.25, 0.3) is 0 Å². The van der Waals surface area contributed by atoms with Gasteiger partial charge in [0.1, 0.15) is 0 Å². The molecule has 3 nitrogen and oxygen atoms in total. The van der Waals surface area contributed by atoms with E-state index in [2.05, 4.69) is 35.5 Å². The maximum Gasteiger partial charge on any atom is 0.0740 e. The van der Waals surface area contributed by atoms with Gasteiger partial charge >= 0.3 is 0 Å². The van der Waals surface area contributed by atoms with Gasteiger partial charge in [0.2, 0.25) is 0 Å². The average Bonchev–Trinajstić information content (AvgIpc) is 2.72. The van der Waals surface area contributed by atoms with Crippen molar-refractivity contribution >= 4 is 5.69 Å². The minimum atomic E-state index is 0.348. The Morgan fingerprint density at radius 3 is 3.24 bits per heavy atom. The van der Waals surface area contributed by atoms with Crippen LogP contribution < -0.4 is 10.2 Å². The van der Waals surface area contributed by atoms with Crippen LogP contribution in [0.2, 0.25) is 0 Å². The molecule has 1 aromatic carbocycles. The predicted octanol–water partition coefficient (Wildman–Crippen LogP) is 1.21. The normalized spacial score (nSPS) is 23.8. The van der Waals surface area contributed by atoms with E-state index in [9.17, 15) is 0 Å². The van der Waals surface area contributed by atoms with E-state index < -0.39 is 0 Å². The van der Waals surface area contributed by atoms with Crippen molar-refractivity contribution in [3.63, 3.8) is 0 Å². The molecule has 1 saturated heterocycles. The van der Waals surface area contributed by atoms with Crippen LogP contribution in [0.1, 0.15) is 11.1 Å². The fourth-order valence-electron chi connectivity index (χ4n) is 2.76. The zero-order chi connectivity index (χ0) is 11.7. The van der Waals surface area contributed by atoms with Crippen molar-refractivity contribution in [2.24, 2.45) is 0 Å². The highest BCUT2D eigenvalue weighted by Gasteiger charge is 2.18. The Morgan fingerprint density at radius 1 is 1.47 bits per heavy atom. The second-order valence-electron chi connectivity index (χ2n) is 5.04. The Hall–Kier alpha value is -1.06. The smallest absolute Gasteiger partial charge is 0.0740 e. The lowest BCUT2D eigenvalue weighted by Gasteiger charge is -2.24. The number of rotatable bonds is 2. The molecule has 0 aromatic heterocycles. The van der Waals surface area contributed by atoms with Gasteiger partial charge in [0, 0.05) is 32.4 Å². The third kappa shape index (κ3) is 2.31. The van der Waals surface area contributed by atoms with E-state index in [4.69, 9.17) is 4.74 Å². The summed E-state index contributed by atoms with van der Waals surface area (Å²) in [6.07, 6.45) is 2.56. The molecule has 0 amide bonds. The lowest BCUT2D eigenvalue weighted by atomic mass is 10.0. The summed E-state index contributed by atoms with van der Waals surface area (Å²) in [5, 5.41) is 3.38. The van der Waals surface area contributed by atoms with Gasteiger partial charge in [0.05, 0.1) is 12.7 Å². The molecule has 0 spiro atoms. The monoisotopic (exact) mass is 232 g/mol. The van der Waals surface area contributed by atoms with Gasteiger partial charge in [0.25, 0.3) is 0 Å². The summed E-state index contributed by atoms with van der Waals surface area (Å²) in [5.74, 6) is 0. The standard InChI is InChI=1S/C14H20N2O/c1-16-6-4-12-8-11(2-3-14(12)16)9-13-10-15-5-7-17-13/h2-3,8,13,15H,4-7,9-10H2,1H3. The van der Waals surface area contributed by atoms with Crippen molar-refractivity contribution in [3.8, 4) is 0 Å². The number of ether oxygens (including phenoxy) is 1. The molecule has 2 heterocycles. The number of morpholine rings is 1. The van der Waals surface area contributed by atoms with Crippen molar-refractivity contribution in [1.29, 1.82) is 0 Å². The molecule has 3 rings (SSSR count). The molecule has 1 aromatic rings. The zero-order valence-electron chi connectivity index (χ0n) is 10.4. The maximum absolute atomic E-state index is 5.75. The van der Waals surface area contributed by atoms with E-state index in [1.807, 2.05) is 0 Å². The topological polar surface area (TPSA) is 24.5 Å². The lowest BCUT2D eigenvalue weighted by molar-refractivity contribution is 0.0292. The van der Waals surface area contributed by atoms with Gasteiger partial charge < -0.3 is 15.0 Å². The van der Waals surface area contributed by atoms with E-state index in [0.29, 0.717) is 6.10 Å².